The average molecular weight is 418 g/mol. The van der Waals surface area contributed by atoms with Crippen LogP contribution in [0.15, 0.2) is 58.8 Å². The molecule has 2 heterocycles. The Hall–Kier alpha value is -3.45. The van der Waals surface area contributed by atoms with E-state index in [1.165, 1.54) is 5.56 Å². The first-order valence-electron chi connectivity index (χ1n) is 10.2. The Kier molecular flexibility index (Phi) is 5.86. The molecular weight excluding hydrogens is 392 g/mol. The van der Waals surface area contributed by atoms with Crippen molar-refractivity contribution in [2.24, 2.45) is 0 Å². The van der Waals surface area contributed by atoms with Crippen LogP contribution in [-0.4, -0.2) is 41.3 Å². The van der Waals surface area contributed by atoms with Crippen LogP contribution in [0.1, 0.15) is 35.5 Å². The van der Waals surface area contributed by atoms with Gasteiger partial charge in [-0.15, -0.1) is 0 Å². The van der Waals surface area contributed by atoms with E-state index >= 15 is 0 Å². The molecule has 4 rings (SSSR count). The largest absolute Gasteiger partial charge is 0.383 e. The Labute approximate surface area is 181 Å². The molecule has 0 spiro atoms. The van der Waals surface area contributed by atoms with Gasteiger partial charge in [0.2, 0.25) is 5.82 Å². The van der Waals surface area contributed by atoms with Crippen molar-refractivity contribution in [3.63, 3.8) is 0 Å². The predicted octanol–water partition coefficient (Wildman–Crippen LogP) is 4.50. The second kappa shape index (κ2) is 8.73. The van der Waals surface area contributed by atoms with E-state index in [0.29, 0.717) is 24.9 Å². The fourth-order valence-corrected chi connectivity index (χ4v) is 3.74. The number of urea groups is 1. The molecule has 1 aliphatic heterocycles. The number of carbonyl (C=O) groups is 1. The molecule has 0 saturated heterocycles. The lowest BCUT2D eigenvalue weighted by molar-refractivity contribution is 0.158. The molecule has 1 unspecified atom stereocenters. The van der Waals surface area contributed by atoms with Gasteiger partial charge >= 0.3 is 6.03 Å². The summed E-state index contributed by atoms with van der Waals surface area (Å²) in [5.74, 6) is 0.900. The molecule has 1 atom stereocenters. The summed E-state index contributed by atoms with van der Waals surface area (Å²) in [7, 11) is 1.61. The SMILES string of the molecule is COCCN1C(=O)NC(c2ccc(C)c(C)c2)C(c2nc(-c3ccccc3)no2)=C1C. The van der Waals surface area contributed by atoms with Crippen LogP contribution >= 0.6 is 0 Å². The first-order valence-corrected chi connectivity index (χ1v) is 10.2. The molecule has 0 saturated carbocycles. The highest BCUT2D eigenvalue weighted by atomic mass is 16.5. The van der Waals surface area contributed by atoms with Crippen LogP contribution in [0.3, 0.4) is 0 Å². The highest BCUT2D eigenvalue weighted by Crippen LogP contribution is 2.37. The van der Waals surface area contributed by atoms with Gasteiger partial charge in [0.1, 0.15) is 0 Å². The molecule has 0 aliphatic carbocycles. The zero-order valence-corrected chi connectivity index (χ0v) is 18.2. The normalized spacial score (nSPS) is 16.6. The van der Waals surface area contributed by atoms with Crippen molar-refractivity contribution in [2.75, 3.05) is 20.3 Å². The number of hydrogen-bond acceptors (Lipinski definition) is 5. The molecular formula is C24H26N4O3. The van der Waals surface area contributed by atoms with Gasteiger partial charge in [0.05, 0.1) is 24.8 Å². The quantitative estimate of drug-likeness (QED) is 0.638. The van der Waals surface area contributed by atoms with Crippen LogP contribution in [0.4, 0.5) is 4.79 Å². The van der Waals surface area contributed by atoms with E-state index in [4.69, 9.17) is 9.26 Å². The standard InChI is InChI=1S/C24H26N4O3/c1-15-10-11-19(14-16(15)2)21-20(17(3)28(12-13-30-4)24(29)25-21)23-26-22(27-31-23)18-8-6-5-7-9-18/h5-11,14,21H,12-13H2,1-4H3,(H,25,29). The minimum atomic E-state index is -0.394. The van der Waals surface area contributed by atoms with Gasteiger partial charge < -0.3 is 14.6 Å². The first kappa shape index (κ1) is 20.8. The summed E-state index contributed by atoms with van der Waals surface area (Å²) in [4.78, 5) is 19.2. The van der Waals surface area contributed by atoms with E-state index in [9.17, 15) is 4.79 Å². The number of rotatable bonds is 6. The van der Waals surface area contributed by atoms with Crippen LogP contribution in [0.2, 0.25) is 0 Å². The van der Waals surface area contributed by atoms with Crippen molar-refractivity contribution in [2.45, 2.75) is 26.8 Å². The molecule has 1 N–H and O–H groups in total. The van der Waals surface area contributed by atoms with Crippen LogP contribution in [-0.2, 0) is 4.74 Å². The van der Waals surface area contributed by atoms with E-state index in [1.807, 2.05) is 43.3 Å². The second-order valence-electron chi connectivity index (χ2n) is 7.66. The number of hydrogen-bond donors (Lipinski definition) is 1. The number of aromatic nitrogens is 2. The molecule has 1 aliphatic rings. The van der Waals surface area contributed by atoms with Crippen LogP contribution in [0.5, 0.6) is 0 Å². The lowest BCUT2D eigenvalue weighted by Crippen LogP contribution is -2.47. The maximum Gasteiger partial charge on any atom is 0.322 e. The van der Waals surface area contributed by atoms with Crippen molar-refractivity contribution in [1.29, 1.82) is 0 Å². The van der Waals surface area contributed by atoms with Gasteiger partial charge in [-0.3, -0.25) is 4.90 Å². The smallest absolute Gasteiger partial charge is 0.322 e. The monoisotopic (exact) mass is 418 g/mol. The number of methoxy groups -OCH3 is 1. The fourth-order valence-electron chi connectivity index (χ4n) is 3.74. The highest BCUT2D eigenvalue weighted by molar-refractivity contribution is 5.87. The molecule has 0 bridgehead atoms. The van der Waals surface area contributed by atoms with E-state index in [0.717, 1.165) is 28.0 Å². The van der Waals surface area contributed by atoms with Gasteiger partial charge in [-0.1, -0.05) is 53.7 Å². The van der Waals surface area contributed by atoms with Gasteiger partial charge in [-0.25, -0.2) is 4.79 Å². The minimum absolute atomic E-state index is 0.177. The Morgan fingerprint density at radius 3 is 2.58 bits per heavy atom. The van der Waals surface area contributed by atoms with E-state index in [1.54, 1.807) is 12.0 Å². The van der Waals surface area contributed by atoms with Crippen LogP contribution in [0.25, 0.3) is 17.0 Å². The summed E-state index contributed by atoms with van der Waals surface area (Å²) < 4.78 is 10.9. The molecule has 2 aromatic carbocycles. The summed E-state index contributed by atoms with van der Waals surface area (Å²) in [5.41, 5.74) is 5.74. The molecule has 31 heavy (non-hydrogen) atoms. The third-order valence-electron chi connectivity index (χ3n) is 5.67. The van der Waals surface area contributed by atoms with Crippen LogP contribution in [0, 0.1) is 13.8 Å². The van der Waals surface area contributed by atoms with Gasteiger partial charge in [0.25, 0.3) is 5.89 Å². The molecule has 0 fully saturated rings. The third kappa shape index (κ3) is 4.09. The topological polar surface area (TPSA) is 80.5 Å². The Bertz CT molecular complexity index is 1120. The van der Waals surface area contributed by atoms with Crippen LogP contribution < -0.4 is 5.32 Å². The number of aryl methyl sites for hydroxylation is 2. The van der Waals surface area contributed by atoms with Gasteiger partial charge in [-0.2, -0.15) is 4.98 Å². The van der Waals surface area contributed by atoms with Gasteiger partial charge in [0.15, 0.2) is 0 Å². The Balaban J connectivity index is 1.81. The summed E-state index contributed by atoms with van der Waals surface area (Å²) in [6.07, 6.45) is 0. The third-order valence-corrected chi connectivity index (χ3v) is 5.67. The summed E-state index contributed by atoms with van der Waals surface area (Å²) in [6, 6.07) is 15.3. The minimum Gasteiger partial charge on any atom is -0.383 e. The second-order valence-corrected chi connectivity index (χ2v) is 7.66. The van der Waals surface area contributed by atoms with Gasteiger partial charge in [-0.05, 0) is 37.5 Å². The predicted molar refractivity (Wildman–Crippen MR) is 118 cm³/mol. The number of nitrogens with zero attached hydrogens (tertiary/aromatic N) is 3. The number of nitrogens with one attached hydrogen (secondary N) is 1. The molecule has 2 amide bonds. The Morgan fingerprint density at radius 1 is 1.10 bits per heavy atom. The molecule has 1 aromatic heterocycles. The zero-order valence-electron chi connectivity index (χ0n) is 18.2. The number of carbonyl (C=O) groups excluding carboxylic acids is 1. The molecule has 0 radical (unpaired) electrons. The lowest BCUT2D eigenvalue weighted by atomic mass is 9.92. The summed E-state index contributed by atoms with van der Waals surface area (Å²) in [6.45, 7) is 6.88. The summed E-state index contributed by atoms with van der Waals surface area (Å²) >= 11 is 0. The van der Waals surface area contributed by atoms with Crippen molar-refractivity contribution in [1.82, 2.24) is 20.4 Å². The fraction of sp³-hybridized carbons (Fsp3) is 0.292. The van der Waals surface area contributed by atoms with E-state index in [-0.39, 0.29) is 6.03 Å². The van der Waals surface area contributed by atoms with Crippen molar-refractivity contribution < 1.29 is 14.1 Å². The first-order chi connectivity index (χ1) is 15.0. The average Bonchev–Trinajstić information content (AvgIpc) is 3.25. The number of benzene rings is 2. The molecule has 7 heteroatoms. The molecule has 7 nitrogen and oxygen atoms in total. The zero-order chi connectivity index (χ0) is 22.0. The Morgan fingerprint density at radius 2 is 1.87 bits per heavy atom. The molecule has 3 aromatic rings. The number of ether oxygens (including phenoxy) is 1. The van der Waals surface area contributed by atoms with E-state index in [2.05, 4.69) is 41.4 Å². The molecule has 160 valence electrons. The van der Waals surface area contributed by atoms with Crippen molar-refractivity contribution in [3.8, 4) is 11.4 Å². The maximum atomic E-state index is 12.9. The lowest BCUT2D eigenvalue weighted by Gasteiger charge is -2.35. The van der Waals surface area contributed by atoms with Crippen molar-refractivity contribution in [3.05, 3.63) is 76.8 Å². The maximum absolute atomic E-state index is 12.9. The number of amides is 2. The summed E-state index contributed by atoms with van der Waals surface area (Å²) in [5, 5.41) is 7.30. The van der Waals surface area contributed by atoms with Crippen molar-refractivity contribution >= 4 is 11.6 Å². The number of allylic oxidation sites excluding steroid dienone is 1. The van der Waals surface area contributed by atoms with Gasteiger partial charge in [0, 0.05) is 18.4 Å². The highest BCUT2D eigenvalue weighted by Gasteiger charge is 2.35. The van der Waals surface area contributed by atoms with E-state index < -0.39 is 6.04 Å².